The minimum atomic E-state index is -2.82. The number of aliphatic hydroxyl groups excluding tert-OH is 1. The van der Waals surface area contributed by atoms with Crippen LogP contribution in [-0.2, 0) is 0 Å². The predicted molar refractivity (Wildman–Crippen MR) is 50.8 cm³/mol. The number of hydrogen-bond donors (Lipinski definition) is 3. The van der Waals surface area contributed by atoms with Gasteiger partial charge in [0.1, 0.15) is 6.10 Å². The van der Waals surface area contributed by atoms with Crippen LogP contribution in [-0.4, -0.2) is 36.3 Å². The minimum Gasteiger partial charge on any atom is -0.385 e. The Morgan fingerprint density at radius 2 is 2.00 bits per heavy atom. The highest BCUT2D eigenvalue weighted by atomic mass is 19.3. The van der Waals surface area contributed by atoms with Crippen molar-refractivity contribution in [1.29, 1.82) is 0 Å². The zero-order chi connectivity index (χ0) is 11.3. The highest BCUT2D eigenvalue weighted by Gasteiger charge is 2.20. The molecule has 0 saturated heterocycles. The van der Waals surface area contributed by atoms with Gasteiger partial charge in [-0.3, -0.25) is 0 Å². The van der Waals surface area contributed by atoms with Crippen molar-refractivity contribution >= 4 is 6.03 Å². The molecule has 1 fully saturated rings. The second-order valence-corrected chi connectivity index (χ2v) is 3.74. The van der Waals surface area contributed by atoms with Crippen molar-refractivity contribution in [2.24, 2.45) is 0 Å². The molecule has 0 aromatic rings. The highest BCUT2D eigenvalue weighted by molar-refractivity contribution is 5.74. The van der Waals surface area contributed by atoms with E-state index in [-0.39, 0.29) is 6.04 Å². The largest absolute Gasteiger partial charge is 0.385 e. The molecule has 2 amide bonds. The molecule has 15 heavy (non-hydrogen) atoms. The fourth-order valence-electron chi connectivity index (χ4n) is 1.59. The van der Waals surface area contributed by atoms with Crippen LogP contribution in [0.15, 0.2) is 0 Å². The first-order valence-corrected chi connectivity index (χ1v) is 5.10. The van der Waals surface area contributed by atoms with Crippen molar-refractivity contribution in [3.05, 3.63) is 0 Å². The van der Waals surface area contributed by atoms with E-state index in [2.05, 4.69) is 10.6 Å². The van der Waals surface area contributed by atoms with Gasteiger partial charge in [0.15, 0.2) is 0 Å². The average Bonchev–Trinajstić information content (AvgIpc) is 2.66. The molecule has 1 rings (SSSR count). The van der Waals surface area contributed by atoms with Gasteiger partial charge in [0, 0.05) is 6.04 Å². The van der Waals surface area contributed by atoms with Crippen molar-refractivity contribution in [3.63, 3.8) is 0 Å². The standard InChI is InChI=1S/C9H16F2N2O2/c10-8(11)7(14)5-12-9(15)13-6-3-1-2-4-6/h6-8,14H,1-5H2,(H2,12,13,15). The number of amides is 2. The summed E-state index contributed by atoms with van der Waals surface area (Å²) in [6.07, 6.45) is -0.568. The maximum Gasteiger partial charge on any atom is 0.315 e. The molecular weight excluding hydrogens is 206 g/mol. The third kappa shape index (κ3) is 4.42. The molecule has 6 heteroatoms. The van der Waals surface area contributed by atoms with Crippen LogP contribution in [0.4, 0.5) is 13.6 Å². The Labute approximate surface area is 87.0 Å². The SMILES string of the molecule is O=C(NCC(O)C(F)F)NC1CCCC1. The van der Waals surface area contributed by atoms with Crippen molar-refractivity contribution in [3.8, 4) is 0 Å². The van der Waals surface area contributed by atoms with Crippen LogP contribution in [0.25, 0.3) is 0 Å². The second kappa shape index (κ2) is 5.85. The molecule has 0 aliphatic heterocycles. The molecule has 1 saturated carbocycles. The van der Waals surface area contributed by atoms with Gasteiger partial charge in [-0.1, -0.05) is 12.8 Å². The number of aliphatic hydroxyl groups is 1. The molecule has 1 aliphatic rings. The van der Waals surface area contributed by atoms with Gasteiger partial charge in [-0.05, 0) is 12.8 Å². The van der Waals surface area contributed by atoms with Crippen molar-refractivity contribution in [1.82, 2.24) is 10.6 Å². The van der Waals surface area contributed by atoms with Gasteiger partial charge in [0.25, 0.3) is 6.43 Å². The fourth-order valence-corrected chi connectivity index (χ4v) is 1.59. The lowest BCUT2D eigenvalue weighted by Gasteiger charge is -2.14. The molecule has 1 atom stereocenters. The number of hydrogen-bond acceptors (Lipinski definition) is 2. The lowest BCUT2D eigenvalue weighted by atomic mass is 10.2. The Kier molecular flexibility index (Phi) is 4.74. The van der Waals surface area contributed by atoms with E-state index in [4.69, 9.17) is 5.11 Å². The van der Waals surface area contributed by atoms with E-state index >= 15 is 0 Å². The Balaban J connectivity index is 2.12. The Hall–Kier alpha value is -0.910. The van der Waals surface area contributed by atoms with Gasteiger partial charge < -0.3 is 15.7 Å². The summed E-state index contributed by atoms with van der Waals surface area (Å²) in [5.41, 5.74) is 0. The molecule has 1 aliphatic carbocycles. The van der Waals surface area contributed by atoms with Crippen LogP contribution in [0.2, 0.25) is 0 Å². The van der Waals surface area contributed by atoms with Crippen LogP contribution >= 0.6 is 0 Å². The minimum absolute atomic E-state index is 0.147. The van der Waals surface area contributed by atoms with Crippen molar-refractivity contribution in [2.75, 3.05) is 6.54 Å². The van der Waals surface area contributed by atoms with Gasteiger partial charge in [-0.25, -0.2) is 13.6 Å². The topological polar surface area (TPSA) is 61.4 Å². The zero-order valence-corrected chi connectivity index (χ0v) is 8.38. The fraction of sp³-hybridized carbons (Fsp3) is 0.889. The maximum absolute atomic E-state index is 11.9. The third-order valence-electron chi connectivity index (χ3n) is 2.45. The number of alkyl halides is 2. The van der Waals surface area contributed by atoms with E-state index in [0.717, 1.165) is 25.7 Å². The van der Waals surface area contributed by atoms with E-state index in [1.165, 1.54) is 0 Å². The number of urea groups is 1. The smallest absolute Gasteiger partial charge is 0.315 e. The van der Waals surface area contributed by atoms with Crippen LogP contribution in [0.5, 0.6) is 0 Å². The molecule has 0 aromatic heterocycles. The van der Waals surface area contributed by atoms with Crippen LogP contribution < -0.4 is 10.6 Å². The molecular formula is C9H16F2N2O2. The van der Waals surface area contributed by atoms with E-state index in [1.54, 1.807) is 0 Å². The van der Waals surface area contributed by atoms with Gasteiger partial charge in [0.2, 0.25) is 0 Å². The molecule has 0 bridgehead atoms. The maximum atomic E-state index is 11.9. The molecule has 3 N–H and O–H groups in total. The van der Waals surface area contributed by atoms with E-state index in [1.807, 2.05) is 0 Å². The molecule has 0 aromatic carbocycles. The Morgan fingerprint density at radius 1 is 1.40 bits per heavy atom. The number of carbonyl (C=O) groups excluding carboxylic acids is 1. The predicted octanol–water partition coefficient (Wildman–Crippen LogP) is 0.854. The van der Waals surface area contributed by atoms with Gasteiger partial charge >= 0.3 is 6.03 Å². The summed E-state index contributed by atoms with van der Waals surface area (Å²) in [7, 11) is 0. The monoisotopic (exact) mass is 222 g/mol. The first-order chi connectivity index (χ1) is 7.09. The van der Waals surface area contributed by atoms with Crippen LogP contribution in [0.3, 0.4) is 0 Å². The summed E-state index contributed by atoms with van der Waals surface area (Å²) in [5.74, 6) is 0. The molecule has 1 unspecified atom stereocenters. The molecule has 0 spiro atoms. The lowest BCUT2D eigenvalue weighted by molar-refractivity contribution is -0.00178. The summed E-state index contributed by atoms with van der Waals surface area (Å²) in [5, 5.41) is 13.6. The molecule has 0 heterocycles. The van der Waals surface area contributed by atoms with Crippen LogP contribution in [0.1, 0.15) is 25.7 Å². The van der Waals surface area contributed by atoms with Crippen molar-refractivity contribution in [2.45, 2.75) is 44.3 Å². The summed E-state index contributed by atoms with van der Waals surface area (Å²) in [4.78, 5) is 11.1. The summed E-state index contributed by atoms with van der Waals surface area (Å²) in [6, 6.07) is -0.338. The van der Waals surface area contributed by atoms with Crippen LogP contribution in [0, 0.1) is 0 Å². The normalized spacial score (nSPS) is 19.2. The Bertz CT molecular complexity index is 208. The second-order valence-electron chi connectivity index (χ2n) is 3.74. The first kappa shape index (κ1) is 12.2. The molecule has 0 radical (unpaired) electrons. The number of carbonyl (C=O) groups is 1. The Morgan fingerprint density at radius 3 is 2.53 bits per heavy atom. The van der Waals surface area contributed by atoms with E-state index < -0.39 is 25.1 Å². The number of rotatable bonds is 4. The average molecular weight is 222 g/mol. The first-order valence-electron chi connectivity index (χ1n) is 5.10. The van der Waals surface area contributed by atoms with E-state index in [0.29, 0.717) is 0 Å². The zero-order valence-electron chi connectivity index (χ0n) is 8.38. The summed E-state index contributed by atoms with van der Waals surface area (Å²) in [6.45, 7) is -0.420. The number of nitrogens with one attached hydrogen (secondary N) is 2. The molecule has 4 nitrogen and oxygen atoms in total. The summed E-state index contributed by atoms with van der Waals surface area (Å²) >= 11 is 0. The van der Waals surface area contributed by atoms with Crippen molar-refractivity contribution < 1.29 is 18.7 Å². The van der Waals surface area contributed by atoms with Gasteiger partial charge in [-0.2, -0.15) is 0 Å². The molecule has 88 valence electrons. The quantitative estimate of drug-likeness (QED) is 0.660. The number of halogens is 2. The highest BCUT2D eigenvalue weighted by Crippen LogP contribution is 2.17. The summed E-state index contributed by atoms with van der Waals surface area (Å²) < 4.78 is 23.7. The van der Waals surface area contributed by atoms with E-state index in [9.17, 15) is 13.6 Å². The van der Waals surface area contributed by atoms with Gasteiger partial charge in [0.05, 0.1) is 6.54 Å². The third-order valence-corrected chi connectivity index (χ3v) is 2.45. The van der Waals surface area contributed by atoms with Gasteiger partial charge in [-0.15, -0.1) is 0 Å². The lowest BCUT2D eigenvalue weighted by Crippen LogP contribution is -2.44.